The van der Waals surface area contributed by atoms with E-state index in [9.17, 15) is 0 Å². The van der Waals surface area contributed by atoms with Crippen molar-refractivity contribution >= 4 is 0 Å². The van der Waals surface area contributed by atoms with Gasteiger partial charge in [0.1, 0.15) is 11.5 Å². The molecule has 1 spiro atoms. The van der Waals surface area contributed by atoms with Gasteiger partial charge in [-0.2, -0.15) is 0 Å². The minimum atomic E-state index is -0.468. The first-order valence-corrected chi connectivity index (χ1v) is 17.2. The highest BCUT2D eigenvalue weighted by Gasteiger charge is 2.52. The van der Waals surface area contributed by atoms with E-state index in [-0.39, 0.29) is 0 Å². The number of hydrogen-bond acceptors (Lipinski definition) is 4. The fourth-order valence-corrected chi connectivity index (χ4v) is 8.03. The summed E-state index contributed by atoms with van der Waals surface area (Å²) in [7, 11) is 0. The van der Waals surface area contributed by atoms with E-state index in [0.717, 1.165) is 52.2 Å². The number of ether oxygens (including phenoxy) is 1. The number of benzene rings is 6. The zero-order valence-corrected chi connectivity index (χ0v) is 27.3. The predicted octanol–water partition coefficient (Wildman–Crippen LogP) is 10.9. The normalized spacial score (nSPS) is 14.8. The Kier molecular flexibility index (Phi) is 6.50. The summed E-state index contributed by atoms with van der Waals surface area (Å²) in [6, 6.07) is 53.2. The van der Waals surface area contributed by atoms with Crippen LogP contribution in [0.2, 0.25) is 0 Å². The van der Waals surface area contributed by atoms with E-state index in [0.29, 0.717) is 17.5 Å². The third-order valence-electron chi connectivity index (χ3n) is 10.2. The fourth-order valence-electron chi connectivity index (χ4n) is 8.03. The number of aromatic nitrogens is 3. The maximum Gasteiger partial charge on any atom is 0.164 e. The number of rotatable bonds is 4. The molecule has 0 bridgehead atoms. The first-order chi connectivity index (χ1) is 24.8. The summed E-state index contributed by atoms with van der Waals surface area (Å²) in [5.74, 6) is 3.81. The average Bonchev–Trinajstić information content (AvgIpc) is 3.49. The Morgan fingerprint density at radius 2 is 0.940 bits per heavy atom. The first-order valence-electron chi connectivity index (χ1n) is 17.2. The summed E-state index contributed by atoms with van der Waals surface area (Å²) in [4.78, 5) is 14.9. The lowest BCUT2D eigenvalue weighted by Crippen LogP contribution is -2.36. The molecule has 4 heteroatoms. The molecular weight excluding hydrogens is 611 g/mol. The molecule has 236 valence electrons. The Morgan fingerprint density at radius 3 is 1.60 bits per heavy atom. The molecule has 0 saturated carbocycles. The third kappa shape index (κ3) is 4.35. The van der Waals surface area contributed by atoms with Crippen LogP contribution in [-0.2, 0) is 5.41 Å². The van der Waals surface area contributed by atoms with Gasteiger partial charge in [0.15, 0.2) is 17.5 Å². The highest BCUT2D eigenvalue weighted by atomic mass is 16.5. The van der Waals surface area contributed by atoms with Gasteiger partial charge in [0.05, 0.1) is 5.41 Å². The highest BCUT2D eigenvalue weighted by Crippen LogP contribution is 2.62. The van der Waals surface area contributed by atoms with Gasteiger partial charge in [-0.25, -0.2) is 15.0 Å². The Bertz CT molecular complexity index is 2410. The lowest BCUT2D eigenvalue weighted by molar-refractivity contribution is 0.383. The molecule has 0 radical (unpaired) electrons. The molecule has 3 aliphatic rings. The molecule has 7 aromatic rings. The van der Waals surface area contributed by atoms with Crippen molar-refractivity contribution in [3.05, 3.63) is 192 Å². The van der Waals surface area contributed by atoms with Gasteiger partial charge in [0.2, 0.25) is 0 Å². The lowest BCUT2D eigenvalue weighted by Gasteiger charge is -2.42. The molecule has 0 saturated heterocycles. The summed E-state index contributed by atoms with van der Waals surface area (Å²) in [6.07, 6.45) is 6.64. The maximum atomic E-state index is 6.71. The second-order valence-electron chi connectivity index (χ2n) is 13.0. The van der Waals surface area contributed by atoms with E-state index in [1.54, 1.807) is 0 Å². The third-order valence-corrected chi connectivity index (χ3v) is 10.2. The summed E-state index contributed by atoms with van der Waals surface area (Å²) in [5.41, 5.74) is 12.2. The lowest BCUT2D eigenvalue weighted by atomic mass is 9.64. The van der Waals surface area contributed by atoms with Crippen LogP contribution in [0.15, 0.2) is 175 Å². The Morgan fingerprint density at radius 1 is 0.420 bits per heavy atom. The standard InChI is InChI=1S/C46H31N3O/c1-3-14-30(15-4-1)43-47-44(31-16-5-2-6-17-31)49-45(48-43)34-19-13-18-32(28-34)33-26-27-42-40(29-33)46(39-24-11-12-25-41(39)50-42)37-22-9-7-20-35(37)36-21-8-10-23-38(36)46/h1-10,13-29H,11-12H2. The summed E-state index contributed by atoms with van der Waals surface area (Å²) in [6.45, 7) is 0. The molecule has 0 N–H and O–H groups in total. The quantitative estimate of drug-likeness (QED) is 0.192. The van der Waals surface area contributed by atoms with Crippen molar-refractivity contribution in [2.45, 2.75) is 18.3 Å². The van der Waals surface area contributed by atoms with Crippen molar-refractivity contribution < 1.29 is 4.74 Å². The monoisotopic (exact) mass is 641 g/mol. The molecule has 2 heterocycles. The van der Waals surface area contributed by atoms with E-state index < -0.39 is 5.41 Å². The molecule has 1 aromatic heterocycles. The van der Waals surface area contributed by atoms with E-state index in [2.05, 4.69) is 103 Å². The zero-order chi connectivity index (χ0) is 33.1. The van der Waals surface area contributed by atoms with Crippen LogP contribution in [0.5, 0.6) is 5.75 Å². The Hall–Kier alpha value is -6.39. The van der Waals surface area contributed by atoms with Gasteiger partial charge in [-0.3, -0.25) is 0 Å². The van der Waals surface area contributed by atoms with Crippen LogP contribution in [0.3, 0.4) is 0 Å². The van der Waals surface area contributed by atoms with Crippen molar-refractivity contribution in [3.8, 4) is 62.2 Å². The smallest absolute Gasteiger partial charge is 0.164 e. The first kappa shape index (κ1) is 28.6. The van der Waals surface area contributed by atoms with Gasteiger partial charge in [-0.15, -0.1) is 0 Å². The van der Waals surface area contributed by atoms with Crippen LogP contribution in [0.1, 0.15) is 29.5 Å². The zero-order valence-electron chi connectivity index (χ0n) is 27.3. The minimum Gasteiger partial charge on any atom is -0.457 e. The fraction of sp³-hybridized carbons (Fsp3) is 0.0652. The summed E-state index contributed by atoms with van der Waals surface area (Å²) in [5, 5.41) is 0. The van der Waals surface area contributed by atoms with Gasteiger partial charge in [-0.1, -0.05) is 140 Å². The van der Waals surface area contributed by atoms with Crippen molar-refractivity contribution in [1.29, 1.82) is 0 Å². The molecular formula is C46H31N3O. The largest absolute Gasteiger partial charge is 0.457 e. The van der Waals surface area contributed by atoms with Gasteiger partial charge >= 0.3 is 0 Å². The van der Waals surface area contributed by atoms with Crippen LogP contribution in [0, 0.1) is 0 Å². The van der Waals surface area contributed by atoms with Gasteiger partial charge in [0, 0.05) is 27.8 Å². The van der Waals surface area contributed by atoms with E-state index >= 15 is 0 Å². The molecule has 0 fully saturated rings. The Balaban J connectivity index is 1.15. The highest BCUT2D eigenvalue weighted by molar-refractivity contribution is 5.89. The minimum absolute atomic E-state index is 0.468. The molecule has 50 heavy (non-hydrogen) atoms. The number of allylic oxidation sites excluding steroid dienone is 3. The van der Waals surface area contributed by atoms with Gasteiger partial charge in [-0.05, 0) is 70.5 Å². The van der Waals surface area contributed by atoms with Crippen LogP contribution in [0.25, 0.3) is 56.4 Å². The number of fused-ring (bicyclic) bond motifs is 9. The van der Waals surface area contributed by atoms with Crippen molar-refractivity contribution in [1.82, 2.24) is 15.0 Å². The van der Waals surface area contributed by atoms with Crippen LogP contribution >= 0.6 is 0 Å². The van der Waals surface area contributed by atoms with Crippen LogP contribution in [0.4, 0.5) is 0 Å². The van der Waals surface area contributed by atoms with Crippen LogP contribution in [-0.4, -0.2) is 15.0 Å². The van der Waals surface area contributed by atoms with Crippen molar-refractivity contribution in [3.63, 3.8) is 0 Å². The second kappa shape index (κ2) is 11.4. The van der Waals surface area contributed by atoms with Crippen molar-refractivity contribution in [2.24, 2.45) is 0 Å². The molecule has 0 amide bonds. The Labute approximate surface area is 291 Å². The van der Waals surface area contributed by atoms with E-state index in [1.807, 2.05) is 60.7 Å². The maximum absolute atomic E-state index is 6.71. The predicted molar refractivity (Wildman–Crippen MR) is 199 cm³/mol. The topological polar surface area (TPSA) is 47.9 Å². The van der Waals surface area contributed by atoms with Gasteiger partial charge in [0.25, 0.3) is 0 Å². The number of hydrogen-bond donors (Lipinski definition) is 0. The summed E-state index contributed by atoms with van der Waals surface area (Å²) >= 11 is 0. The number of nitrogens with zero attached hydrogens (tertiary/aromatic N) is 3. The van der Waals surface area contributed by atoms with E-state index in [4.69, 9.17) is 19.7 Å². The SMILES string of the molecule is C1=C2Oc3ccc(-c4cccc(-c5nc(-c6ccccc6)nc(-c6ccccc6)n5)c4)cc3C3(C2=CCC1)c1ccccc1-c1ccccc13. The van der Waals surface area contributed by atoms with Crippen molar-refractivity contribution in [2.75, 3.05) is 0 Å². The second-order valence-corrected chi connectivity index (χ2v) is 13.0. The average molecular weight is 642 g/mol. The van der Waals surface area contributed by atoms with Gasteiger partial charge < -0.3 is 4.74 Å². The van der Waals surface area contributed by atoms with Crippen LogP contribution < -0.4 is 4.74 Å². The molecule has 4 nitrogen and oxygen atoms in total. The molecule has 10 rings (SSSR count). The molecule has 0 atom stereocenters. The molecule has 0 unspecified atom stereocenters. The van der Waals surface area contributed by atoms with E-state index in [1.165, 1.54) is 33.4 Å². The molecule has 1 aliphatic heterocycles. The summed E-state index contributed by atoms with van der Waals surface area (Å²) < 4.78 is 6.71. The molecule has 6 aromatic carbocycles. The molecule has 2 aliphatic carbocycles.